The number of hydrogen-bond donors (Lipinski definition) is 1. The zero-order chi connectivity index (χ0) is 30.1. The standard InChI is InChI=1S/C33H34N4O6/c1-42-25-9-5-21(6-10-25)30(22-7-11-26(43-2)12-8-22)35-15-17-36(18-16-35)32(40)23-3-4-24-20-37(33(41)27(24)19-23)28-13-14-29(38)34-31(28)39/h3-12,19,28,30H,13-18,20H2,1-2H3,(H,34,38,39). The van der Waals surface area contributed by atoms with Crippen molar-refractivity contribution in [3.05, 3.63) is 94.5 Å². The van der Waals surface area contributed by atoms with E-state index in [0.717, 1.165) is 28.2 Å². The molecule has 43 heavy (non-hydrogen) atoms. The fourth-order valence-electron chi connectivity index (χ4n) is 6.24. The van der Waals surface area contributed by atoms with Crippen molar-refractivity contribution in [2.45, 2.75) is 31.5 Å². The van der Waals surface area contributed by atoms with Gasteiger partial charge in [-0.15, -0.1) is 0 Å². The van der Waals surface area contributed by atoms with Crippen molar-refractivity contribution < 1.29 is 28.7 Å². The van der Waals surface area contributed by atoms with Crippen molar-refractivity contribution >= 4 is 23.6 Å². The molecule has 0 saturated carbocycles. The van der Waals surface area contributed by atoms with Crippen molar-refractivity contribution in [3.63, 3.8) is 0 Å². The number of piperazine rings is 1. The predicted molar refractivity (Wildman–Crippen MR) is 158 cm³/mol. The molecule has 3 heterocycles. The van der Waals surface area contributed by atoms with Gasteiger partial charge in [-0.2, -0.15) is 0 Å². The summed E-state index contributed by atoms with van der Waals surface area (Å²) in [6.45, 7) is 2.69. The van der Waals surface area contributed by atoms with Crippen LogP contribution in [-0.4, -0.2) is 84.8 Å². The first kappa shape index (κ1) is 28.4. The Hall–Kier alpha value is -4.70. The summed E-state index contributed by atoms with van der Waals surface area (Å²) in [5, 5.41) is 2.32. The van der Waals surface area contributed by atoms with E-state index in [1.807, 2.05) is 29.2 Å². The Morgan fingerprint density at radius 3 is 2.00 bits per heavy atom. The second-order valence-electron chi connectivity index (χ2n) is 11.0. The third-order valence-electron chi connectivity index (χ3n) is 8.60. The maximum atomic E-state index is 13.6. The topological polar surface area (TPSA) is 108 Å². The van der Waals surface area contributed by atoms with Gasteiger partial charge in [0.2, 0.25) is 11.8 Å². The number of methoxy groups -OCH3 is 2. The summed E-state index contributed by atoms with van der Waals surface area (Å²) in [6, 6.07) is 20.6. The highest BCUT2D eigenvalue weighted by molar-refractivity contribution is 6.06. The van der Waals surface area contributed by atoms with Gasteiger partial charge in [-0.25, -0.2) is 0 Å². The first-order chi connectivity index (χ1) is 20.9. The Morgan fingerprint density at radius 1 is 0.837 bits per heavy atom. The molecule has 0 aromatic heterocycles. The fraction of sp³-hybridized carbons (Fsp3) is 0.333. The molecular weight excluding hydrogens is 548 g/mol. The van der Waals surface area contributed by atoms with E-state index < -0.39 is 11.9 Å². The summed E-state index contributed by atoms with van der Waals surface area (Å²) in [7, 11) is 3.30. The third-order valence-corrected chi connectivity index (χ3v) is 8.60. The van der Waals surface area contributed by atoms with Crippen LogP contribution >= 0.6 is 0 Å². The molecule has 0 aliphatic carbocycles. The summed E-state index contributed by atoms with van der Waals surface area (Å²) in [5.74, 6) is 0.402. The highest BCUT2D eigenvalue weighted by Crippen LogP contribution is 2.33. The highest BCUT2D eigenvalue weighted by Gasteiger charge is 2.39. The number of piperidine rings is 1. The lowest BCUT2D eigenvalue weighted by Gasteiger charge is -2.40. The lowest BCUT2D eigenvalue weighted by molar-refractivity contribution is -0.136. The van der Waals surface area contributed by atoms with E-state index in [2.05, 4.69) is 34.5 Å². The molecule has 0 radical (unpaired) electrons. The van der Waals surface area contributed by atoms with Gasteiger partial charge in [0.25, 0.3) is 11.8 Å². The summed E-state index contributed by atoms with van der Waals surface area (Å²) < 4.78 is 10.7. The molecule has 2 saturated heterocycles. The van der Waals surface area contributed by atoms with Gasteiger partial charge in [-0.05, 0) is 59.5 Å². The average Bonchev–Trinajstić information content (AvgIpc) is 3.37. The number of nitrogens with one attached hydrogen (secondary N) is 1. The lowest BCUT2D eigenvalue weighted by Crippen LogP contribution is -2.52. The van der Waals surface area contributed by atoms with Gasteiger partial charge in [-0.1, -0.05) is 30.3 Å². The Balaban J connectivity index is 1.16. The van der Waals surface area contributed by atoms with Gasteiger partial charge in [0.1, 0.15) is 17.5 Å². The maximum absolute atomic E-state index is 13.6. The Morgan fingerprint density at radius 2 is 1.44 bits per heavy atom. The van der Waals surface area contributed by atoms with Crippen LogP contribution in [0.4, 0.5) is 0 Å². The molecule has 3 aromatic rings. The molecule has 0 spiro atoms. The van der Waals surface area contributed by atoms with Gasteiger partial charge in [0, 0.05) is 50.3 Å². The molecule has 222 valence electrons. The van der Waals surface area contributed by atoms with Crippen LogP contribution in [0.25, 0.3) is 0 Å². The number of fused-ring (bicyclic) bond motifs is 1. The monoisotopic (exact) mass is 582 g/mol. The minimum absolute atomic E-state index is 0.00931. The number of amides is 4. The van der Waals surface area contributed by atoms with E-state index in [0.29, 0.717) is 43.7 Å². The van der Waals surface area contributed by atoms with Crippen molar-refractivity contribution in [2.75, 3.05) is 40.4 Å². The molecule has 10 heteroatoms. The first-order valence-corrected chi connectivity index (χ1v) is 14.4. The first-order valence-electron chi connectivity index (χ1n) is 14.4. The number of ether oxygens (including phenoxy) is 2. The smallest absolute Gasteiger partial charge is 0.255 e. The van der Waals surface area contributed by atoms with Gasteiger partial charge in [0.15, 0.2) is 0 Å². The molecule has 1 atom stereocenters. The summed E-state index contributed by atoms with van der Waals surface area (Å²) >= 11 is 0. The molecule has 3 aliphatic heterocycles. The number of nitrogens with zero attached hydrogens (tertiary/aromatic N) is 3. The van der Waals surface area contributed by atoms with Crippen LogP contribution in [0, 0.1) is 0 Å². The SMILES string of the molecule is COc1ccc(C(c2ccc(OC)cc2)N2CCN(C(=O)c3ccc4c(c3)C(=O)N(C3CCC(=O)NC3=O)C4)CC2)cc1. The number of rotatable bonds is 7. The molecule has 2 fully saturated rings. The van der Waals surface area contributed by atoms with Crippen LogP contribution in [0.3, 0.4) is 0 Å². The van der Waals surface area contributed by atoms with Crippen molar-refractivity contribution in [1.29, 1.82) is 0 Å². The minimum atomic E-state index is -0.686. The maximum Gasteiger partial charge on any atom is 0.255 e. The van der Waals surface area contributed by atoms with E-state index >= 15 is 0 Å². The van der Waals surface area contributed by atoms with Crippen LogP contribution in [0.2, 0.25) is 0 Å². The van der Waals surface area contributed by atoms with Crippen LogP contribution in [0.5, 0.6) is 11.5 Å². The molecule has 10 nitrogen and oxygen atoms in total. The lowest BCUT2D eigenvalue weighted by atomic mass is 9.96. The number of carbonyl (C=O) groups is 4. The third kappa shape index (κ3) is 5.58. The van der Waals surface area contributed by atoms with E-state index in [9.17, 15) is 19.2 Å². The number of imide groups is 1. The quantitative estimate of drug-likeness (QED) is 0.427. The number of carbonyl (C=O) groups excluding carboxylic acids is 4. The molecular formula is C33H34N4O6. The van der Waals surface area contributed by atoms with Crippen LogP contribution in [-0.2, 0) is 16.1 Å². The molecule has 1 N–H and O–H groups in total. The minimum Gasteiger partial charge on any atom is -0.497 e. The molecule has 6 rings (SSSR count). The largest absolute Gasteiger partial charge is 0.497 e. The zero-order valence-corrected chi connectivity index (χ0v) is 24.2. The normalized spacial score (nSPS) is 19.0. The summed E-state index contributed by atoms with van der Waals surface area (Å²) in [4.78, 5) is 56.5. The Bertz CT molecular complexity index is 1500. The Kier molecular flexibility index (Phi) is 7.86. The molecule has 4 amide bonds. The fourth-order valence-corrected chi connectivity index (χ4v) is 6.24. The molecule has 0 bridgehead atoms. The van der Waals surface area contributed by atoms with Crippen LogP contribution < -0.4 is 14.8 Å². The van der Waals surface area contributed by atoms with E-state index in [-0.39, 0.29) is 36.7 Å². The van der Waals surface area contributed by atoms with Crippen LogP contribution in [0.15, 0.2) is 66.7 Å². The number of benzene rings is 3. The Labute approximate surface area is 250 Å². The van der Waals surface area contributed by atoms with Gasteiger partial charge in [-0.3, -0.25) is 29.4 Å². The van der Waals surface area contributed by atoms with E-state index in [1.54, 1.807) is 32.4 Å². The van der Waals surface area contributed by atoms with Crippen molar-refractivity contribution in [2.24, 2.45) is 0 Å². The highest BCUT2D eigenvalue weighted by atomic mass is 16.5. The van der Waals surface area contributed by atoms with Gasteiger partial charge in [0.05, 0.1) is 20.3 Å². The van der Waals surface area contributed by atoms with Crippen molar-refractivity contribution in [1.82, 2.24) is 20.0 Å². The van der Waals surface area contributed by atoms with Crippen molar-refractivity contribution in [3.8, 4) is 11.5 Å². The van der Waals surface area contributed by atoms with E-state index in [4.69, 9.17) is 9.47 Å². The summed E-state index contributed by atoms with van der Waals surface area (Å²) in [5.41, 5.74) is 3.92. The van der Waals surface area contributed by atoms with Gasteiger partial charge < -0.3 is 19.3 Å². The summed E-state index contributed by atoms with van der Waals surface area (Å²) in [6.07, 6.45) is 0.499. The molecule has 1 unspecified atom stereocenters. The van der Waals surface area contributed by atoms with E-state index in [1.165, 1.54) is 4.90 Å². The second kappa shape index (κ2) is 11.9. The molecule has 3 aromatic carbocycles. The van der Waals surface area contributed by atoms with Gasteiger partial charge >= 0.3 is 0 Å². The second-order valence-corrected chi connectivity index (χ2v) is 11.0. The zero-order valence-electron chi connectivity index (χ0n) is 24.2. The predicted octanol–water partition coefficient (Wildman–Crippen LogP) is 3.01. The number of hydrogen-bond acceptors (Lipinski definition) is 7. The average molecular weight is 583 g/mol. The van der Waals surface area contributed by atoms with Crippen LogP contribution in [0.1, 0.15) is 56.3 Å². The molecule has 3 aliphatic rings.